The van der Waals surface area contributed by atoms with Gasteiger partial charge in [0.05, 0.1) is 18.3 Å². The summed E-state index contributed by atoms with van der Waals surface area (Å²) in [5.41, 5.74) is 0.927. The fourth-order valence-electron chi connectivity index (χ4n) is 2.00. The minimum Gasteiger partial charge on any atom is -0.494 e. The van der Waals surface area contributed by atoms with Gasteiger partial charge in [0.2, 0.25) is 0 Å². The molecule has 0 bridgehead atoms. The molecule has 0 saturated carbocycles. The van der Waals surface area contributed by atoms with Gasteiger partial charge in [0.1, 0.15) is 5.75 Å². The van der Waals surface area contributed by atoms with Gasteiger partial charge >= 0.3 is 0 Å². The zero-order valence-corrected chi connectivity index (χ0v) is 13.1. The number of hydrogen-bond acceptors (Lipinski definition) is 5. The summed E-state index contributed by atoms with van der Waals surface area (Å²) in [6.07, 6.45) is 0. The van der Waals surface area contributed by atoms with Crippen LogP contribution in [-0.2, 0) is 0 Å². The smallest absolute Gasteiger partial charge is 0.173 e. The zero-order chi connectivity index (χ0) is 15.2. The second kappa shape index (κ2) is 7.17. The van der Waals surface area contributed by atoms with Gasteiger partial charge in [-0.25, -0.2) is 0 Å². The maximum absolute atomic E-state index is 5.45. The van der Waals surface area contributed by atoms with Crippen molar-refractivity contribution in [1.29, 1.82) is 0 Å². The molecule has 0 fully saturated rings. The summed E-state index contributed by atoms with van der Waals surface area (Å²) in [6, 6.07) is 7.86. The van der Waals surface area contributed by atoms with Gasteiger partial charge in [-0.1, -0.05) is 13.8 Å². The number of benzene rings is 1. The summed E-state index contributed by atoms with van der Waals surface area (Å²) in [7, 11) is 0. The first-order valence-electron chi connectivity index (χ1n) is 7.36. The highest BCUT2D eigenvalue weighted by molar-refractivity contribution is 5.37. The first kappa shape index (κ1) is 15.4. The number of hydrogen-bond donors (Lipinski definition) is 1. The van der Waals surface area contributed by atoms with E-state index in [1.165, 1.54) is 0 Å². The Kier molecular flexibility index (Phi) is 5.27. The van der Waals surface area contributed by atoms with Crippen molar-refractivity contribution in [1.82, 2.24) is 25.5 Å². The van der Waals surface area contributed by atoms with E-state index >= 15 is 0 Å². The lowest BCUT2D eigenvalue weighted by molar-refractivity contribution is 0.340. The molecule has 6 nitrogen and oxygen atoms in total. The van der Waals surface area contributed by atoms with E-state index in [9.17, 15) is 0 Å². The first-order valence-corrected chi connectivity index (χ1v) is 7.36. The van der Waals surface area contributed by atoms with Gasteiger partial charge in [0.25, 0.3) is 0 Å². The van der Waals surface area contributed by atoms with E-state index in [1.807, 2.05) is 31.2 Å². The fourth-order valence-corrected chi connectivity index (χ4v) is 2.00. The fraction of sp³-hybridized carbons (Fsp3) is 0.533. The Balaban J connectivity index is 2.15. The van der Waals surface area contributed by atoms with E-state index in [4.69, 9.17) is 4.74 Å². The predicted octanol–water partition coefficient (Wildman–Crippen LogP) is 2.37. The molecule has 6 heteroatoms. The molecular weight excluding hydrogens is 266 g/mol. The van der Waals surface area contributed by atoms with Crippen LogP contribution < -0.4 is 10.1 Å². The highest BCUT2D eigenvalue weighted by Crippen LogP contribution is 2.18. The highest BCUT2D eigenvalue weighted by atomic mass is 16.5. The minimum atomic E-state index is 0.0916. The summed E-state index contributed by atoms with van der Waals surface area (Å²) in [4.78, 5) is 0. The van der Waals surface area contributed by atoms with Gasteiger partial charge in [0, 0.05) is 0 Å². The van der Waals surface area contributed by atoms with Gasteiger partial charge in [-0.05, 0) is 61.0 Å². The molecule has 1 aromatic carbocycles. The SMILES string of the molecule is CCOc1ccc(-n2nnnc2C(C)NCC(C)C)cc1. The Bertz CT molecular complexity index is 549. The summed E-state index contributed by atoms with van der Waals surface area (Å²) in [5.74, 6) is 2.24. The number of aromatic nitrogens is 4. The molecule has 1 aromatic heterocycles. The largest absolute Gasteiger partial charge is 0.494 e. The van der Waals surface area contributed by atoms with Crippen LogP contribution in [-0.4, -0.2) is 33.4 Å². The van der Waals surface area contributed by atoms with Gasteiger partial charge in [-0.15, -0.1) is 5.10 Å². The molecule has 0 spiro atoms. The van der Waals surface area contributed by atoms with Crippen molar-refractivity contribution < 1.29 is 4.74 Å². The summed E-state index contributed by atoms with van der Waals surface area (Å²) < 4.78 is 7.21. The topological polar surface area (TPSA) is 64.9 Å². The molecule has 1 unspecified atom stereocenters. The third-order valence-electron chi connectivity index (χ3n) is 3.11. The normalized spacial score (nSPS) is 12.6. The maximum atomic E-state index is 5.45. The molecule has 21 heavy (non-hydrogen) atoms. The third kappa shape index (κ3) is 4.01. The molecule has 2 rings (SSSR count). The second-order valence-corrected chi connectivity index (χ2v) is 5.40. The molecule has 0 amide bonds. The number of tetrazole rings is 1. The quantitative estimate of drug-likeness (QED) is 0.847. The molecule has 114 valence electrons. The van der Waals surface area contributed by atoms with Crippen molar-refractivity contribution in [3.05, 3.63) is 30.1 Å². The Hall–Kier alpha value is -1.95. The highest BCUT2D eigenvalue weighted by Gasteiger charge is 2.15. The number of nitrogens with one attached hydrogen (secondary N) is 1. The molecule has 2 aromatic rings. The van der Waals surface area contributed by atoms with Crippen LogP contribution in [0.2, 0.25) is 0 Å². The third-order valence-corrected chi connectivity index (χ3v) is 3.11. The van der Waals surface area contributed by atoms with E-state index in [-0.39, 0.29) is 6.04 Å². The Morgan fingerprint density at radius 3 is 2.52 bits per heavy atom. The summed E-state index contributed by atoms with van der Waals surface area (Å²) >= 11 is 0. The minimum absolute atomic E-state index is 0.0916. The molecule has 0 saturated heterocycles. The van der Waals surface area contributed by atoms with E-state index in [0.717, 1.165) is 23.8 Å². The van der Waals surface area contributed by atoms with Gasteiger partial charge in [-0.2, -0.15) is 4.68 Å². The molecule has 1 atom stereocenters. The maximum Gasteiger partial charge on any atom is 0.173 e. The summed E-state index contributed by atoms with van der Waals surface area (Å²) in [5, 5.41) is 15.5. The lowest BCUT2D eigenvalue weighted by Gasteiger charge is -2.15. The molecular formula is C15H23N5O. The van der Waals surface area contributed by atoms with E-state index in [1.54, 1.807) is 4.68 Å². The van der Waals surface area contributed by atoms with Gasteiger partial charge in [-0.3, -0.25) is 0 Å². The van der Waals surface area contributed by atoms with Crippen LogP contribution in [0, 0.1) is 5.92 Å². The second-order valence-electron chi connectivity index (χ2n) is 5.40. The average molecular weight is 289 g/mol. The number of nitrogens with zero attached hydrogens (tertiary/aromatic N) is 4. The molecule has 0 aliphatic rings. The van der Waals surface area contributed by atoms with Crippen LogP contribution in [0.1, 0.15) is 39.6 Å². The van der Waals surface area contributed by atoms with E-state index in [0.29, 0.717) is 12.5 Å². The van der Waals surface area contributed by atoms with Gasteiger partial charge in [0.15, 0.2) is 5.82 Å². The van der Waals surface area contributed by atoms with Crippen molar-refractivity contribution in [2.75, 3.05) is 13.2 Å². The molecule has 1 N–H and O–H groups in total. The van der Waals surface area contributed by atoms with Crippen LogP contribution in [0.5, 0.6) is 5.75 Å². The van der Waals surface area contributed by atoms with Crippen molar-refractivity contribution >= 4 is 0 Å². The zero-order valence-electron chi connectivity index (χ0n) is 13.1. The standard InChI is InChI=1S/C15H23N5O/c1-5-21-14-8-6-13(7-9-14)20-15(17-18-19-20)12(4)16-10-11(2)3/h6-9,11-12,16H,5,10H2,1-4H3. The molecule has 0 aliphatic heterocycles. The molecule has 0 aliphatic carbocycles. The molecule has 1 heterocycles. The molecule has 0 radical (unpaired) electrons. The Morgan fingerprint density at radius 1 is 1.19 bits per heavy atom. The summed E-state index contributed by atoms with van der Waals surface area (Å²) in [6.45, 7) is 9.97. The predicted molar refractivity (Wildman–Crippen MR) is 81.6 cm³/mol. The van der Waals surface area contributed by atoms with Gasteiger partial charge < -0.3 is 10.1 Å². The monoisotopic (exact) mass is 289 g/mol. The first-order chi connectivity index (χ1) is 10.1. The Morgan fingerprint density at radius 2 is 1.90 bits per heavy atom. The van der Waals surface area contributed by atoms with Crippen LogP contribution in [0.4, 0.5) is 0 Å². The number of ether oxygens (including phenoxy) is 1. The van der Waals surface area contributed by atoms with E-state index < -0.39 is 0 Å². The van der Waals surface area contributed by atoms with Crippen LogP contribution in [0.15, 0.2) is 24.3 Å². The van der Waals surface area contributed by atoms with E-state index in [2.05, 4.69) is 41.6 Å². The van der Waals surface area contributed by atoms with Crippen LogP contribution in [0.3, 0.4) is 0 Å². The van der Waals surface area contributed by atoms with Crippen molar-refractivity contribution in [3.63, 3.8) is 0 Å². The average Bonchev–Trinajstić information content (AvgIpc) is 2.95. The van der Waals surface area contributed by atoms with Crippen LogP contribution >= 0.6 is 0 Å². The van der Waals surface area contributed by atoms with Crippen LogP contribution in [0.25, 0.3) is 5.69 Å². The lowest BCUT2D eigenvalue weighted by Crippen LogP contribution is -2.25. The number of rotatable bonds is 7. The Labute approximate surface area is 125 Å². The van der Waals surface area contributed by atoms with Crippen molar-refractivity contribution in [3.8, 4) is 11.4 Å². The lowest BCUT2D eigenvalue weighted by atomic mass is 10.2. The van der Waals surface area contributed by atoms with Crippen molar-refractivity contribution in [2.45, 2.75) is 33.7 Å². The van der Waals surface area contributed by atoms with Crippen molar-refractivity contribution in [2.24, 2.45) is 5.92 Å².